The highest BCUT2D eigenvalue weighted by molar-refractivity contribution is 4.93. The molecule has 0 saturated carbocycles. The van der Waals surface area contributed by atoms with Gasteiger partial charge in [-0.15, -0.1) is 0 Å². The van der Waals surface area contributed by atoms with Crippen LogP contribution in [0.1, 0.15) is 19.2 Å². The van der Waals surface area contributed by atoms with E-state index < -0.39 is 0 Å². The molecule has 1 atom stereocenters. The molecule has 1 aliphatic rings. The van der Waals surface area contributed by atoms with E-state index in [-0.39, 0.29) is 0 Å². The third kappa shape index (κ3) is 2.38. The van der Waals surface area contributed by atoms with Gasteiger partial charge in [-0.2, -0.15) is 0 Å². The molecule has 84 valence electrons. The summed E-state index contributed by atoms with van der Waals surface area (Å²) in [5.74, 6) is 1.16. The van der Waals surface area contributed by atoms with E-state index in [9.17, 15) is 0 Å². The zero-order chi connectivity index (χ0) is 10.7. The van der Waals surface area contributed by atoms with Crippen molar-refractivity contribution in [3.63, 3.8) is 0 Å². The van der Waals surface area contributed by atoms with E-state index in [1.54, 1.807) is 0 Å². The van der Waals surface area contributed by atoms with Gasteiger partial charge in [-0.05, 0) is 6.42 Å². The van der Waals surface area contributed by atoms with Crippen LogP contribution in [0.25, 0.3) is 0 Å². The molecule has 0 aliphatic carbocycles. The minimum absolute atomic E-state index is 0.662. The second-order valence-corrected chi connectivity index (χ2v) is 4.19. The van der Waals surface area contributed by atoms with Crippen molar-refractivity contribution < 1.29 is 0 Å². The lowest BCUT2D eigenvalue weighted by Crippen LogP contribution is -2.50. The summed E-state index contributed by atoms with van der Waals surface area (Å²) in [5, 5.41) is 3.44. The van der Waals surface area contributed by atoms with Crippen LogP contribution < -0.4 is 5.32 Å². The van der Waals surface area contributed by atoms with Crippen molar-refractivity contribution in [3.8, 4) is 0 Å². The molecule has 0 aromatic carbocycles. The smallest absolute Gasteiger partial charge is 0.122 e. The number of rotatable bonds is 3. The van der Waals surface area contributed by atoms with Gasteiger partial charge in [0.05, 0.1) is 6.54 Å². The SMILES string of the molecule is CCC1CNCCN1Cc1nccn1C. The number of imidazole rings is 1. The zero-order valence-corrected chi connectivity index (χ0v) is 9.61. The van der Waals surface area contributed by atoms with Gasteiger partial charge in [-0.1, -0.05) is 6.92 Å². The first-order chi connectivity index (χ1) is 7.31. The molecule has 0 bridgehead atoms. The average molecular weight is 208 g/mol. The normalized spacial score (nSPS) is 23.2. The van der Waals surface area contributed by atoms with Gasteiger partial charge in [0.2, 0.25) is 0 Å². The highest BCUT2D eigenvalue weighted by Gasteiger charge is 2.21. The molecule has 0 spiro atoms. The topological polar surface area (TPSA) is 33.1 Å². The van der Waals surface area contributed by atoms with E-state index in [0.29, 0.717) is 6.04 Å². The summed E-state index contributed by atoms with van der Waals surface area (Å²) < 4.78 is 2.11. The van der Waals surface area contributed by atoms with Crippen LogP contribution in [0.2, 0.25) is 0 Å². The number of aromatic nitrogens is 2. The molecular formula is C11H20N4. The lowest BCUT2D eigenvalue weighted by molar-refractivity contribution is 0.144. The van der Waals surface area contributed by atoms with E-state index in [4.69, 9.17) is 0 Å². The van der Waals surface area contributed by atoms with Crippen molar-refractivity contribution in [2.24, 2.45) is 7.05 Å². The van der Waals surface area contributed by atoms with E-state index in [1.807, 2.05) is 12.4 Å². The van der Waals surface area contributed by atoms with Crippen LogP contribution in [-0.2, 0) is 13.6 Å². The van der Waals surface area contributed by atoms with Gasteiger partial charge >= 0.3 is 0 Å². The second-order valence-electron chi connectivity index (χ2n) is 4.19. The molecule has 0 amide bonds. The van der Waals surface area contributed by atoms with Crippen molar-refractivity contribution in [1.82, 2.24) is 19.8 Å². The maximum Gasteiger partial charge on any atom is 0.122 e. The standard InChI is InChI=1S/C11H20N4/c1-3-10-8-12-4-7-15(10)9-11-13-5-6-14(11)2/h5-6,10,12H,3-4,7-9H2,1-2H3. The zero-order valence-electron chi connectivity index (χ0n) is 9.61. The molecule has 2 heterocycles. The van der Waals surface area contributed by atoms with Crippen molar-refractivity contribution >= 4 is 0 Å². The lowest BCUT2D eigenvalue weighted by Gasteiger charge is -2.35. The van der Waals surface area contributed by atoms with Crippen LogP contribution >= 0.6 is 0 Å². The molecule has 4 heteroatoms. The first-order valence-electron chi connectivity index (χ1n) is 5.72. The lowest BCUT2D eigenvalue weighted by atomic mass is 10.1. The number of hydrogen-bond donors (Lipinski definition) is 1. The first kappa shape index (κ1) is 10.6. The minimum Gasteiger partial charge on any atom is -0.337 e. The van der Waals surface area contributed by atoms with Crippen LogP contribution in [0.3, 0.4) is 0 Å². The van der Waals surface area contributed by atoms with E-state index >= 15 is 0 Å². The largest absolute Gasteiger partial charge is 0.337 e. The van der Waals surface area contributed by atoms with Gasteiger partial charge in [0.15, 0.2) is 0 Å². The Morgan fingerprint density at radius 2 is 2.47 bits per heavy atom. The van der Waals surface area contributed by atoms with Crippen molar-refractivity contribution in [2.45, 2.75) is 25.9 Å². The van der Waals surface area contributed by atoms with Crippen LogP contribution in [0.4, 0.5) is 0 Å². The van der Waals surface area contributed by atoms with Crippen molar-refractivity contribution in [3.05, 3.63) is 18.2 Å². The summed E-state index contributed by atoms with van der Waals surface area (Å²) in [6.07, 6.45) is 5.09. The summed E-state index contributed by atoms with van der Waals surface area (Å²) in [6, 6.07) is 0.662. The molecule has 1 aliphatic heterocycles. The Morgan fingerprint density at radius 3 is 3.13 bits per heavy atom. The van der Waals surface area contributed by atoms with Gasteiger partial charge in [0.1, 0.15) is 5.82 Å². The number of nitrogens with one attached hydrogen (secondary N) is 1. The monoisotopic (exact) mass is 208 g/mol. The third-order valence-electron chi connectivity index (χ3n) is 3.21. The Bertz CT molecular complexity index is 307. The summed E-state index contributed by atoms with van der Waals surface area (Å²) in [6.45, 7) is 6.57. The molecule has 1 aromatic rings. The van der Waals surface area contributed by atoms with Crippen molar-refractivity contribution in [2.75, 3.05) is 19.6 Å². The second kappa shape index (κ2) is 4.77. The average Bonchev–Trinajstić information content (AvgIpc) is 2.65. The Balaban J connectivity index is 2.00. The summed E-state index contributed by atoms with van der Waals surface area (Å²) in [5.41, 5.74) is 0. The fourth-order valence-electron chi connectivity index (χ4n) is 2.14. The summed E-state index contributed by atoms with van der Waals surface area (Å²) in [7, 11) is 2.06. The van der Waals surface area contributed by atoms with Gasteiger partial charge in [0, 0.05) is 45.1 Å². The maximum absolute atomic E-state index is 4.38. The molecule has 1 unspecified atom stereocenters. The predicted octanol–water partition coefficient (Wildman–Crippen LogP) is 0.604. The van der Waals surface area contributed by atoms with Crippen molar-refractivity contribution in [1.29, 1.82) is 0 Å². The number of aryl methyl sites for hydroxylation is 1. The molecule has 1 N–H and O–H groups in total. The van der Waals surface area contributed by atoms with E-state index in [2.05, 4.69) is 33.7 Å². The summed E-state index contributed by atoms with van der Waals surface area (Å²) >= 11 is 0. The van der Waals surface area contributed by atoms with Crippen LogP contribution in [0.15, 0.2) is 12.4 Å². The Kier molecular flexibility index (Phi) is 3.38. The Morgan fingerprint density at radius 1 is 1.60 bits per heavy atom. The van der Waals surface area contributed by atoms with Gasteiger partial charge in [-0.3, -0.25) is 4.90 Å². The maximum atomic E-state index is 4.38. The van der Waals surface area contributed by atoms with Crippen LogP contribution in [0.5, 0.6) is 0 Å². The Labute approximate surface area is 91.3 Å². The van der Waals surface area contributed by atoms with Gasteiger partial charge < -0.3 is 9.88 Å². The van der Waals surface area contributed by atoms with Gasteiger partial charge in [-0.25, -0.2) is 4.98 Å². The number of piperazine rings is 1. The fraction of sp³-hybridized carbons (Fsp3) is 0.727. The highest BCUT2D eigenvalue weighted by Crippen LogP contribution is 2.10. The van der Waals surface area contributed by atoms with Crippen LogP contribution in [-0.4, -0.2) is 40.1 Å². The predicted molar refractivity (Wildman–Crippen MR) is 60.6 cm³/mol. The molecular weight excluding hydrogens is 188 g/mol. The van der Waals surface area contributed by atoms with E-state index in [1.165, 1.54) is 6.42 Å². The summed E-state index contributed by atoms with van der Waals surface area (Å²) in [4.78, 5) is 6.91. The van der Waals surface area contributed by atoms with E-state index in [0.717, 1.165) is 32.0 Å². The fourth-order valence-corrected chi connectivity index (χ4v) is 2.14. The molecule has 1 fully saturated rings. The molecule has 1 aromatic heterocycles. The minimum atomic E-state index is 0.662. The molecule has 0 radical (unpaired) electrons. The first-order valence-corrected chi connectivity index (χ1v) is 5.72. The molecule has 4 nitrogen and oxygen atoms in total. The number of hydrogen-bond acceptors (Lipinski definition) is 3. The molecule has 1 saturated heterocycles. The van der Waals surface area contributed by atoms with Gasteiger partial charge in [0.25, 0.3) is 0 Å². The van der Waals surface area contributed by atoms with Crippen LogP contribution in [0, 0.1) is 0 Å². The highest BCUT2D eigenvalue weighted by atomic mass is 15.2. The number of nitrogens with zero attached hydrogens (tertiary/aromatic N) is 3. The molecule has 15 heavy (non-hydrogen) atoms. The Hall–Kier alpha value is -0.870. The molecule has 2 rings (SSSR count). The quantitative estimate of drug-likeness (QED) is 0.790. The third-order valence-corrected chi connectivity index (χ3v) is 3.21.